The summed E-state index contributed by atoms with van der Waals surface area (Å²) in [5.74, 6) is -0.330. The molecule has 0 unspecified atom stereocenters. The lowest BCUT2D eigenvalue weighted by atomic mass is 9.84. The lowest BCUT2D eigenvalue weighted by Crippen LogP contribution is -2.59. The maximum absolute atomic E-state index is 13.6. The number of carbonyl (C=O) groups is 3. The van der Waals surface area contributed by atoms with Crippen molar-refractivity contribution in [2.75, 3.05) is 27.2 Å². The maximum Gasteiger partial charge on any atom is 0.309 e. The highest BCUT2D eigenvalue weighted by atomic mass is 16.5. The molecule has 1 N–H and O–H groups in total. The number of nitrogens with one attached hydrogen (secondary N) is 1. The number of amides is 2. The van der Waals surface area contributed by atoms with Gasteiger partial charge in [-0.05, 0) is 51.6 Å². The first-order chi connectivity index (χ1) is 14.8. The minimum atomic E-state index is -0.643. The van der Waals surface area contributed by atoms with Gasteiger partial charge in [0.1, 0.15) is 6.04 Å². The van der Waals surface area contributed by atoms with Crippen LogP contribution in [0, 0.1) is 11.3 Å². The molecule has 0 saturated carbocycles. The molecule has 0 aromatic rings. The Hall–Kier alpha value is -1.89. The summed E-state index contributed by atoms with van der Waals surface area (Å²) in [6.45, 7) is 14.9. The normalized spacial score (nSPS) is 19.9. The minimum absolute atomic E-state index is 0.0796. The second-order valence-electron chi connectivity index (χ2n) is 10.5. The molecule has 32 heavy (non-hydrogen) atoms. The maximum atomic E-state index is 13.6. The van der Waals surface area contributed by atoms with Gasteiger partial charge in [-0.2, -0.15) is 0 Å². The number of likely N-dealkylation sites (N-methyl/N-ethyl adjacent to an activating group) is 2. The molecule has 3 atom stereocenters. The number of rotatable bonds is 9. The molecule has 7 nitrogen and oxygen atoms in total. The van der Waals surface area contributed by atoms with Crippen LogP contribution in [0.2, 0.25) is 0 Å². The molecule has 0 aromatic carbocycles. The number of carbonyl (C=O) groups excluding carboxylic acids is 3. The van der Waals surface area contributed by atoms with Gasteiger partial charge >= 0.3 is 5.97 Å². The van der Waals surface area contributed by atoms with Crippen molar-refractivity contribution in [1.82, 2.24) is 15.1 Å². The highest BCUT2D eigenvalue weighted by Crippen LogP contribution is 2.25. The van der Waals surface area contributed by atoms with Crippen LogP contribution in [0.5, 0.6) is 0 Å². The van der Waals surface area contributed by atoms with Gasteiger partial charge in [0, 0.05) is 7.05 Å². The third-order valence-corrected chi connectivity index (χ3v) is 6.13. The molecule has 2 amide bonds. The molecule has 1 rings (SSSR count). The van der Waals surface area contributed by atoms with Crippen molar-refractivity contribution in [3.05, 3.63) is 11.6 Å². The predicted octanol–water partition coefficient (Wildman–Crippen LogP) is 3.38. The summed E-state index contributed by atoms with van der Waals surface area (Å²) in [7, 11) is 3.74. The summed E-state index contributed by atoms with van der Waals surface area (Å²) in [4.78, 5) is 42.3. The molecule has 0 spiro atoms. The van der Waals surface area contributed by atoms with Crippen molar-refractivity contribution in [2.24, 2.45) is 11.3 Å². The molecular formula is C25H45N3O4. The molecule has 0 aromatic heterocycles. The monoisotopic (exact) mass is 451 g/mol. The fraction of sp³-hybridized carbons (Fsp3) is 0.800. The lowest BCUT2D eigenvalue weighted by Gasteiger charge is -2.39. The van der Waals surface area contributed by atoms with E-state index in [9.17, 15) is 14.4 Å². The van der Waals surface area contributed by atoms with Crippen molar-refractivity contribution in [1.29, 1.82) is 0 Å². The number of likely N-dealkylation sites (tertiary alicyclic amines) is 1. The molecule has 1 aliphatic heterocycles. The van der Waals surface area contributed by atoms with E-state index in [0.717, 1.165) is 31.4 Å². The first kappa shape index (κ1) is 28.1. The van der Waals surface area contributed by atoms with E-state index in [1.807, 2.05) is 54.7 Å². The fourth-order valence-electron chi connectivity index (χ4n) is 4.19. The first-order valence-electron chi connectivity index (χ1n) is 11.9. The Labute approximate surface area is 194 Å². The molecule has 1 fully saturated rings. The molecule has 0 aliphatic carbocycles. The molecule has 0 radical (unpaired) electrons. The Morgan fingerprint density at radius 3 is 2.34 bits per heavy atom. The second kappa shape index (κ2) is 12.4. The fourth-order valence-corrected chi connectivity index (χ4v) is 4.19. The van der Waals surface area contributed by atoms with Crippen LogP contribution < -0.4 is 5.32 Å². The van der Waals surface area contributed by atoms with Gasteiger partial charge in [-0.1, -0.05) is 52.7 Å². The van der Waals surface area contributed by atoms with Gasteiger partial charge in [-0.25, -0.2) is 0 Å². The Balaban J connectivity index is 3.05. The van der Waals surface area contributed by atoms with E-state index in [4.69, 9.17) is 4.74 Å². The average molecular weight is 452 g/mol. The number of hydrogen-bond acceptors (Lipinski definition) is 5. The van der Waals surface area contributed by atoms with E-state index in [1.54, 1.807) is 18.9 Å². The van der Waals surface area contributed by atoms with Crippen molar-refractivity contribution in [3.63, 3.8) is 0 Å². The largest absolute Gasteiger partial charge is 0.466 e. The van der Waals surface area contributed by atoms with E-state index >= 15 is 0 Å². The standard InChI is InChI=1S/C25H45N3O4/c1-10-32-21(29)16-18(4)15-20(17(2)3)28(9)24(31)22(25(5,6)7)26-23(30)19-13-11-12-14-27(19)8/h15,17,19-20,22H,10-14,16H2,1-9H3,(H,26,30)/b18-15+/t19-,20+,22+/m0/s1. The van der Waals surface area contributed by atoms with Gasteiger partial charge in [-0.15, -0.1) is 0 Å². The Morgan fingerprint density at radius 1 is 1.22 bits per heavy atom. The van der Waals surface area contributed by atoms with Crippen molar-refractivity contribution >= 4 is 17.8 Å². The Kier molecular flexibility index (Phi) is 10.9. The van der Waals surface area contributed by atoms with Crippen LogP contribution in [0.25, 0.3) is 0 Å². The third kappa shape index (κ3) is 8.23. The number of nitrogens with zero attached hydrogens (tertiary/aromatic N) is 2. The van der Waals surface area contributed by atoms with Gasteiger partial charge in [0.25, 0.3) is 0 Å². The van der Waals surface area contributed by atoms with Crippen LogP contribution in [0.3, 0.4) is 0 Å². The Morgan fingerprint density at radius 2 is 1.84 bits per heavy atom. The summed E-state index contributed by atoms with van der Waals surface area (Å²) in [5, 5.41) is 3.07. The summed E-state index contributed by atoms with van der Waals surface area (Å²) >= 11 is 0. The van der Waals surface area contributed by atoms with E-state index in [0.29, 0.717) is 6.61 Å². The third-order valence-electron chi connectivity index (χ3n) is 6.13. The molecule has 1 heterocycles. The summed E-state index contributed by atoms with van der Waals surface area (Å²) in [6, 6.07) is -1.04. The molecule has 0 bridgehead atoms. The number of ether oxygens (including phenoxy) is 1. The van der Waals surface area contributed by atoms with Gasteiger partial charge in [-0.3, -0.25) is 19.3 Å². The number of hydrogen-bond donors (Lipinski definition) is 1. The zero-order valence-electron chi connectivity index (χ0n) is 21.7. The van der Waals surface area contributed by atoms with E-state index in [2.05, 4.69) is 10.2 Å². The first-order valence-corrected chi connectivity index (χ1v) is 11.9. The highest BCUT2D eigenvalue weighted by molar-refractivity contribution is 5.90. The summed E-state index contributed by atoms with van der Waals surface area (Å²) < 4.78 is 5.04. The quantitative estimate of drug-likeness (QED) is 0.429. The molecule has 7 heteroatoms. The average Bonchev–Trinajstić information content (AvgIpc) is 2.68. The predicted molar refractivity (Wildman–Crippen MR) is 128 cm³/mol. The SMILES string of the molecule is CCOC(=O)C/C(C)=C/[C@H](C(C)C)N(C)C(=O)[C@@H](NC(=O)[C@@H]1CCCCN1C)C(C)(C)C. The smallest absolute Gasteiger partial charge is 0.309 e. The van der Waals surface area contributed by atoms with E-state index in [1.165, 1.54) is 0 Å². The van der Waals surface area contributed by atoms with Crippen LogP contribution in [-0.2, 0) is 19.1 Å². The van der Waals surface area contributed by atoms with Crippen LogP contribution in [0.4, 0.5) is 0 Å². The topological polar surface area (TPSA) is 79.0 Å². The Bertz CT molecular complexity index is 681. The van der Waals surface area contributed by atoms with Crippen molar-refractivity contribution in [3.8, 4) is 0 Å². The lowest BCUT2D eigenvalue weighted by molar-refractivity contribution is -0.142. The van der Waals surface area contributed by atoms with Crippen LogP contribution in [-0.4, -0.2) is 73.0 Å². The highest BCUT2D eigenvalue weighted by Gasteiger charge is 2.38. The number of piperidine rings is 1. The molecule has 184 valence electrons. The van der Waals surface area contributed by atoms with Crippen LogP contribution >= 0.6 is 0 Å². The second-order valence-corrected chi connectivity index (χ2v) is 10.5. The molecule has 1 saturated heterocycles. The van der Waals surface area contributed by atoms with Crippen molar-refractivity contribution in [2.45, 2.75) is 92.3 Å². The van der Waals surface area contributed by atoms with Gasteiger partial charge < -0.3 is 15.0 Å². The van der Waals surface area contributed by atoms with Gasteiger partial charge in [0.2, 0.25) is 11.8 Å². The number of esters is 1. The van der Waals surface area contributed by atoms with Gasteiger partial charge in [0.05, 0.1) is 25.1 Å². The van der Waals surface area contributed by atoms with E-state index < -0.39 is 11.5 Å². The van der Waals surface area contributed by atoms with E-state index in [-0.39, 0.29) is 42.2 Å². The summed E-state index contributed by atoms with van der Waals surface area (Å²) in [5.41, 5.74) is 0.418. The summed E-state index contributed by atoms with van der Waals surface area (Å²) in [6.07, 6.45) is 5.10. The zero-order chi connectivity index (χ0) is 24.6. The van der Waals surface area contributed by atoms with Crippen LogP contribution in [0.1, 0.15) is 74.1 Å². The van der Waals surface area contributed by atoms with Gasteiger partial charge in [0.15, 0.2) is 0 Å². The molecular weight excluding hydrogens is 406 g/mol. The van der Waals surface area contributed by atoms with Crippen molar-refractivity contribution < 1.29 is 19.1 Å². The molecule has 1 aliphatic rings. The minimum Gasteiger partial charge on any atom is -0.466 e. The van der Waals surface area contributed by atoms with Crippen LogP contribution in [0.15, 0.2) is 11.6 Å². The zero-order valence-corrected chi connectivity index (χ0v) is 21.7.